The van der Waals surface area contributed by atoms with E-state index < -0.39 is 22.2 Å². The number of sulfonamides is 1. The van der Waals surface area contributed by atoms with E-state index in [1.165, 1.54) is 19.2 Å². The van der Waals surface area contributed by atoms with Crippen LogP contribution < -0.4 is 15.8 Å². The van der Waals surface area contributed by atoms with Gasteiger partial charge in [-0.3, -0.25) is 4.79 Å². The maximum absolute atomic E-state index is 13.1. The number of nitrogen functional groups attached to an aromatic ring is 1. The van der Waals surface area contributed by atoms with Gasteiger partial charge in [0, 0.05) is 19.5 Å². The third-order valence-corrected chi connectivity index (χ3v) is 7.98. The van der Waals surface area contributed by atoms with Crippen molar-refractivity contribution in [2.24, 2.45) is 11.8 Å². The van der Waals surface area contributed by atoms with Crippen LogP contribution in [0, 0.1) is 11.8 Å². The van der Waals surface area contributed by atoms with E-state index in [-0.39, 0.29) is 48.8 Å². The van der Waals surface area contributed by atoms with Crippen molar-refractivity contribution in [1.82, 2.24) is 4.31 Å². The molecule has 0 spiro atoms. The number of allylic oxidation sites excluding steroid dienone is 1. The van der Waals surface area contributed by atoms with E-state index in [0.717, 1.165) is 4.31 Å². The summed E-state index contributed by atoms with van der Waals surface area (Å²) in [6.07, 6.45) is 1.55. The third kappa shape index (κ3) is 7.45. The van der Waals surface area contributed by atoms with Gasteiger partial charge in [0.25, 0.3) is 5.91 Å². The van der Waals surface area contributed by atoms with Crippen LogP contribution in [0.15, 0.2) is 65.3 Å². The van der Waals surface area contributed by atoms with Gasteiger partial charge in [-0.2, -0.15) is 4.31 Å². The zero-order valence-electron chi connectivity index (χ0n) is 21.3. The molecule has 37 heavy (non-hydrogen) atoms. The number of para-hydroxylation sites is 2. The largest absolute Gasteiger partial charge is 0.497 e. The number of nitrogens with two attached hydrogens (primary N) is 1. The number of ether oxygens (including phenoxy) is 3. The molecule has 1 heterocycles. The number of nitrogens with one attached hydrogen (secondary N) is 1. The van der Waals surface area contributed by atoms with Gasteiger partial charge >= 0.3 is 0 Å². The fraction of sp³-hybridized carbons (Fsp3) is 0.423. The van der Waals surface area contributed by atoms with Crippen LogP contribution >= 0.6 is 0 Å². The quantitative estimate of drug-likeness (QED) is 0.354. The number of anilines is 2. The lowest BCUT2D eigenvalue weighted by atomic mass is 9.90. The standard InChI is InChI=1S/C26H35N3O7S/c1-18(2)19-16-24(26(31)28-23-7-5-4-6-22(23)27)36-25(17-19)35-15-13-29(12-14-30)37(32,33)21-10-8-20(34-3)9-11-21/h4-11,16,18-19,25,30H,12-15,17,27H2,1-3H3,(H,28,31)/t19-,25+/m1/s1. The summed E-state index contributed by atoms with van der Waals surface area (Å²) < 4.78 is 44.2. The van der Waals surface area contributed by atoms with Crippen LogP contribution in [0.3, 0.4) is 0 Å². The van der Waals surface area contributed by atoms with E-state index in [2.05, 4.69) is 5.32 Å². The second-order valence-electron chi connectivity index (χ2n) is 8.94. The van der Waals surface area contributed by atoms with Gasteiger partial charge in [0.05, 0.1) is 36.6 Å². The Balaban J connectivity index is 1.66. The molecule has 3 rings (SSSR count). The molecular weight excluding hydrogens is 498 g/mol. The second-order valence-corrected chi connectivity index (χ2v) is 10.9. The first-order chi connectivity index (χ1) is 17.6. The maximum Gasteiger partial charge on any atom is 0.290 e. The smallest absolute Gasteiger partial charge is 0.290 e. The summed E-state index contributed by atoms with van der Waals surface area (Å²) in [4.78, 5) is 13.0. The first kappa shape index (κ1) is 28.5. The number of rotatable bonds is 12. The number of aliphatic hydroxyl groups is 1. The molecule has 0 bridgehead atoms. The van der Waals surface area contributed by atoms with Gasteiger partial charge in [-0.15, -0.1) is 0 Å². The molecule has 0 aliphatic carbocycles. The lowest BCUT2D eigenvalue weighted by molar-refractivity contribution is -0.148. The number of hydrogen-bond donors (Lipinski definition) is 3. The Labute approximate surface area is 218 Å². The third-order valence-electron chi connectivity index (χ3n) is 6.07. The molecule has 2 aromatic carbocycles. The number of carbonyl (C=O) groups excluding carboxylic acids is 1. The molecule has 0 radical (unpaired) electrons. The molecule has 0 unspecified atom stereocenters. The molecule has 4 N–H and O–H groups in total. The van der Waals surface area contributed by atoms with Crippen LogP contribution in [0.1, 0.15) is 20.3 Å². The number of hydrogen-bond acceptors (Lipinski definition) is 8. The summed E-state index contributed by atoms with van der Waals surface area (Å²) in [7, 11) is -2.37. The SMILES string of the molecule is COc1ccc(S(=O)(=O)N(CCO)CCO[C@@H]2C[C@H](C(C)C)C=C(C(=O)Nc3ccccc3N)O2)cc1. The summed E-state index contributed by atoms with van der Waals surface area (Å²) in [5.41, 5.74) is 6.84. The van der Waals surface area contributed by atoms with E-state index in [9.17, 15) is 18.3 Å². The molecule has 202 valence electrons. The number of nitrogens with zero attached hydrogens (tertiary/aromatic N) is 1. The average Bonchev–Trinajstić information content (AvgIpc) is 2.89. The van der Waals surface area contributed by atoms with Crippen LogP contribution in [0.5, 0.6) is 5.75 Å². The molecule has 0 saturated heterocycles. The lowest BCUT2D eigenvalue weighted by Crippen LogP contribution is -2.38. The van der Waals surface area contributed by atoms with Gasteiger partial charge in [-0.25, -0.2) is 8.42 Å². The van der Waals surface area contributed by atoms with E-state index in [0.29, 0.717) is 23.5 Å². The van der Waals surface area contributed by atoms with Crippen molar-refractivity contribution in [3.8, 4) is 5.75 Å². The Bertz CT molecular complexity index is 1180. The van der Waals surface area contributed by atoms with Crippen molar-refractivity contribution in [2.45, 2.75) is 31.5 Å². The molecule has 1 aliphatic heterocycles. The Morgan fingerprint density at radius 1 is 1.19 bits per heavy atom. The normalized spacial score (nSPS) is 17.8. The van der Waals surface area contributed by atoms with Crippen LogP contribution in [-0.4, -0.2) is 63.4 Å². The number of methoxy groups -OCH3 is 1. The fourth-order valence-electron chi connectivity index (χ4n) is 3.85. The molecule has 0 fully saturated rings. The minimum absolute atomic E-state index is 0.00536. The van der Waals surface area contributed by atoms with Crippen molar-refractivity contribution in [3.63, 3.8) is 0 Å². The minimum Gasteiger partial charge on any atom is -0.497 e. The molecule has 11 heteroatoms. The van der Waals surface area contributed by atoms with Crippen molar-refractivity contribution in [3.05, 3.63) is 60.4 Å². The number of aliphatic hydroxyl groups excluding tert-OH is 1. The number of carbonyl (C=O) groups is 1. The Morgan fingerprint density at radius 2 is 1.89 bits per heavy atom. The summed E-state index contributed by atoms with van der Waals surface area (Å²) >= 11 is 0. The lowest BCUT2D eigenvalue weighted by Gasteiger charge is -2.31. The molecular formula is C26H35N3O7S. The Hall–Kier alpha value is -3.12. The summed E-state index contributed by atoms with van der Waals surface area (Å²) in [6, 6.07) is 12.9. The average molecular weight is 534 g/mol. The van der Waals surface area contributed by atoms with Crippen molar-refractivity contribution < 1.29 is 32.5 Å². The van der Waals surface area contributed by atoms with E-state index in [1.807, 2.05) is 13.8 Å². The zero-order chi connectivity index (χ0) is 27.0. The number of benzene rings is 2. The fourth-order valence-corrected chi connectivity index (χ4v) is 5.27. The minimum atomic E-state index is -3.87. The predicted octanol–water partition coefficient (Wildman–Crippen LogP) is 2.82. The monoisotopic (exact) mass is 533 g/mol. The van der Waals surface area contributed by atoms with Gasteiger partial charge < -0.3 is 30.4 Å². The molecule has 1 amide bonds. The summed E-state index contributed by atoms with van der Waals surface area (Å²) in [5, 5.41) is 12.2. The van der Waals surface area contributed by atoms with Gasteiger partial charge in [0.15, 0.2) is 5.76 Å². The Kier molecular flexibility index (Phi) is 9.93. The highest BCUT2D eigenvalue weighted by Gasteiger charge is 2.30. The highest BCUT2D eigenvalue weighted by Crippen LogP contribution is 2.30. The topological polar surface area (TPSA) is 140 Å². The summed E-state index contributed by atoms with van der Waals surface area (Å²) in [5.74, 6) is 0.454. The maximum atomic E-state index is 13.1. The summed E-state index contributed by atoms with van der Waals surface area (Å²) in [6.45, 7) is 3.64. The van der Waals surface area contributed by atoms with Crippen LogP contribution in [0.25, 0.3) is 0 Å². The van der Waals surface area contributed by atoms with Gasteiger partial charge in [0.2, 0.25) is 16.3 Å². The van der Waals surface area contributed by atoms with E-state index in [4.69, 9.17) is 19.9 Å². The molecule has 0 aromatic heterocycles. The number of amides is 1. The first-order valence-electron chi connectivity index (χ1n) is 12.1. The van der Waals surface area contributed by atoms with Crippen LogP contribution in [-0.2, 0) is 24.3 Å². The van der Waals surface area contributed by atoms with Crippen molar-refractivity contribution in [1.29, 1.82) is 0 Å². The van der Waals surface area contributed by atoms with Crippen LogP contribution in [0.4, 0.5) is 11.4 Å². The molecule has 2 atom stereocenters. The van der Waals surface area contributed by atoms with Crippen molar-refractivity contribution in [2.75, 3.05) is 44.5 Å². The Morgan fingerprint density at radius 3 is 2.51 bits per heavy atom. The van der Waals surface area contributed by atoms with E-state index >= 15 is 0 Å². The van der Waals surface area contributed by atoms with Gasteiger partial charge in [-0.05, 0) is 54.3 Å². The second kappa shape index (κ2) is 12.9. The zero-order valence-corrected chi connectivity index (χ0v) is 22.1. The first-order valence-corrected chi connectivity index (χ1v) is 13.5. The highest BCUT2D eigenvalue weighted by molar-refractivity contribution is 7.89. The molecule has 1 aliphatic rings. The predicted molar refractivity (Wildman–Crippen MR) is 140 cm³/mol. The van der Waals surface area contributed by atoms with Gasteiger partial charge in [0.1, 0.15) is 5.75 Å². The van der Waals surface area contributed by atoms with Crippen LogP contribution in [0.2, 0.25) is 0 Å². The van der Waals surface area contributed by atoms with Gasteiger partial charge in [-0.1, -0.05) is 26.0 Å². The molecule has 0 saturated carbocycles. The molecule has 10 nitrogen and oxygen atoms in total. The van der Waals surface area contributed by atoms with E-state index in [1.54, 1.807) is 42.5 Å². The highest BCUT2D eigenvalue weighted by atomic mass is 32.2. The van der Waals surface area contributed by atoms with Crippen molar-refractivity contribution >= 4 is 27.3 Å². The molecule has 2 aromatic rings.